The molecule has 0 heterocycles. The highest BCUT2D eigenvalue weighted by Gasteiger charge is 2.10. The molecule has 1 rings (SSSR count). The molecule has 0 amide bonds. The van der Waals surface area contributed by atoms with E-state index in [0.717, 1.165) is 0 Å². The monoisotopic (exact) mass is 202 g/mol. The molecule has 1 aromatic carbocycles. The van der Waals surface area contributed by atoms with E-state index >= 15 is 0 Å². The molecule has 78 valence electrons. The maximum atomic E-state index is 11.6. The standard InChI is InChI=1S/C13H14O2/c1-2-3-9-12(14)10-13(15)11-7-5-4-6-8-11/h2,4-8H,1,3,9-10H2. The Morgan fingerprint density at radius 3 is 2.47 bits per heavy atom. The Balaban J connectivity index is 2.49. The Morgan fingerprint density at radius 2 is 1.87 bits per heavy atom. The van der Waals surface area contributed by atoms with Crippen molar-refractivity contribution in [1.82, 2.24) is 0 Å². The number of ketones is 2. The van der Waals surface area contributed by atoms with Gasteiger partial charge in [0.2, 0.25) is 0 Å². The van der Waals surface area contributed by atoms with Gasteiger partial charge >= 0.3 is 0 Å². The number of carbonyl (C=O) groups excluding carboxylic acids is 2. The fourth-order valence-corrected chi connectivity index (χ4v) is 1.26. The normalized spacial score (nSPS) is 9.60. The third kappa shape index (κ3) is 3.90. The Bertz CT molecular complexity index is 352. The van der Waals surface area contributed by atoms with Gasteiger partial charge in [-0.05, 0) is 6.42 Å². The summed E-state index contributed by atoms with van der Waals surface area (Å²) in [4.78, 5) is 22.9. The molecular formula is C13H14O2. The molecule has 15 heavy (non-hydrogen) atoms. The van der Waals surface area contributed by atoms with E-state index in [1.165, 1.54) is 0 Å². The summed E-state index contributed by atoms with van der Waals surface area (Å²) in [6.45, 7) is 3.53. The van der Waals surface area contributed by atoms with Crippen molar-refractivity contribution in [2.24, 2.45) is 0 Å². The van der Waals surface area contributed by atoms with Crippen LogP contribution < -0.4 is 0 Å². The van der Waals surface area contributed by atoms with Crippen LogP contribution in [0.5, 0.6) is 0 Å². The van der Waals surface area contributed by atoms with Crippen molar-refractivity contribution < 1.29 is 9.59 Å². The third-order valence-corrected chi connectivity index (χ3v) is 2.08. The highest BCUT2D eigenvalue weighted by molar-refractivity contribution is 6.07. The molecule has 0 N–H and O–H groups in total. The van der Waals surface area contributed by atoms with Crippen molar-refractivity contribution in [3.8, 4) is 0 Å². The van der Waals surface area contributed by atoms with Crippen molar-refractivity contribution in [2.45, 2.75) is 19.3 Å². The fourth-order valence-electron chi connectivity index (χ4n) is 1.26. The second-order valence-electron chi connectivity index (χ2n) is 3.33. The van der Waals surface area contributed by atoms with Gasteiger partial charge in [0.25, 0.3) is 0 Å². The molecule has 0 saturated carbocycles. The van der Waals surface area contributed by atoms with Gasteiger partial charge in [0.15, 0.2) is 5.78 Å². The van der Waals surface area contributed by atoms with Crippen molar-refractivity contribution >= 4 is 11.6 Å². The van der Waals surface area contributed by atoms with Crippen molar-refractivity contribution in [1.29, 1.82) is 0 Å². The molecule has 0 spiro atoms. The molecule has 0 fully saturated rings. The second kappa shape index (κ2) is 5.91. The molecule has 0 bridgehead atoms. The topological polar surface area (TPSA) is 34.1 Å². The van der Waals surface area contributed by atoms with Crippen molar-refractivity contribution in [3.05, 3.63) is 48.6 Å². The number of Topliss-reactive ketones (excluding diaryl/α,β-unsaturated/α-hetero) is 2. The molecule has 0 atom stereocenters. The summed E-state index contributed by atoms with van der Waals surface area (Å²) < 4.78 is 0. The SMILES string of the molecule is C=CCCC(=O)CC(=O)c1ccccc1. The van der Waals surface area contributed by atoms with Crippen LogP contribution in [0.25, 0.3) is 0 Å². The first kappa shape index (κ1) is 11.4. The predicted octanol–water partition coefficient (Wildman–Crippen LogP) is 2.79. The van der Waals surface area contributed by atoms with E-state index in [-0.39, 0.29) is 18.0 Å². The number of hydrogen-bond acceptors (Lipinski definition) is 2. The van der Waals surface area contributed by atoms with Gasteiger partial charge < -0.3 is 0 Å². The Morgan fingerprint density at radius 1 is 1.20 bits per heavy atom. The van der Waals surface area contributed by atoms with Gasteiger partial charge in [-0.3, -0.25) is 9.59 Å². The van der Waals surface area contributed by atoms with Crippen LogP contribution in [-0.4, -0.2) is 11.6 Å². The minimum absolute atomic E-state index is 0.00213. The summed E-state index contributed by atoms with van der Waals surface area (Å²) in [5.74, 6) is -0.131. The molecule has 0 aliphatic rings. The zero-order valence-corrected chi connectivity index (χ0v) is 8.61. The van der Waals surface area contributed by atoms with E-state index < -0.39 is 0 Å². The summed E-state index contributed by atoms with van der Waals surface area (Å²) in [5, 5.41) is 0. The summed E-state index contributed by atoms with van der Waals surface area (Å²) in [6, 6.07) is 8.88. The van der Waals surface area contributed by atoms with E-state index in [2.05, 4.69) is 6.58 Å². The number of rotatable bonds is 6. The molecule has 0 aromatic heterocycles. The van der Waals surface area contributed by atoms with E-state index in [9.17, 15) is 9.59 Å². The number of allylic oxidation sites excluding steroid dienone is 1. The van der Waals surface area contributed by atoms with Crippen LogP contribution in [0, 0.1) is 0 Å². The highest BCUT2D eigenvalue weighted by atomic mass is 16.1. The lowest BCUT2D eigenvalue weighted by atomic mass is 10.0. The summed E-state index contributed by atoms with van der Waals surface area (Å²) in [5.41, 5.74) is 0.601. The van der Waals surface area contributed by atoms with E-state index in [1.54, 1.807) is 30.3 Å². The van der Waals surface area contributed by atoms with E-state index in [4.69, 9.17) is 0 Å². The van der Waals surface area contributed by atoms with Crippen LogP contribution >= 0.6 is 0 Å². The Hall–Kier alpha value is -1.70. The van der Waals surface area contributed by atoms with Crippen LogP contribution in [0.2, 0.25) is 0 Å². The van der Waals surface area contributed by atoms with Crippen LogP contribution in [0.3, 0.4) is 0 Å². The zero-order chi connectivity index (χ0) is 11.1. The first-order valence-corrected chi connectivity index (χ1v) is 4.95. The molecule has 0 unspecified atom stereocenters. The number of carbonyl (C=O) groups is 2. The molecule has 0 radical (unpaired) electrons. The quantitative estimate of drug-likeness (QED) is 0.404. The minimum Gasteiger partial charge on any atom is -0.299 e. The Kier molecular flexibility index (Phi) is 4.48. The van der Waals surface area contributed by atoms with Crippen molar-refractivity contribution in [3.63, 3.8) is 0 Å². The van der Waals surface area contributed by atoms with Gasteiger partial charge in [-0.15, -0.1) is 6.58 Å². The number of hydrogen-bond donors (Lipinski definition) is 0. The fraction of sp³-hybridized carbons (Fsp3) is 0.231. The first-order chi connectivity index (χ1) is 7.24. The summed E-state index contributed by atoms with van der Waals surface area (Å²) in [6.07, 6.45) is 2.73. The lowest BCUT2D eigenvalue weighted by Crippen LogP contribution is -2.07. The average Bonchev–Trinajstić information content (AvgIpc) is 2.27. The van der Waals surface area contributed by atoms with Gasteiger partial charge in [-0.1, -0.05) is 36.4 Å². The molecule has 0 aliphatic carbocycles. The lowest BCUT2D eigenvalue weighted by Gasteiger charge is -1.99. The second-order valence-corrected chi connectivity index (χ2v) is 3.33. The molecule has 1 aromatic rings. The first-order valence-electron chi connectivity index (χ1n) is 4.95. The molecule has 2 nitrogen and oxygen atoms in total. The lowest BCUT2D eigenvalue weighted by molar-refractivity contribution is -0.118. The Labute approximate surface area is 89.6 Å². The van der Waals surface area contributed by atoms with Gasteiger partial charge in [0.1, 0.15) is 5.78 Å². The smallest absolute Gasteiger partial charge is 0.170 e. The van der Waals surface area contributed by atoms with Crippen LogP contribution in [0.4, 0.5) is 0 Å². The van der Waals surface area contributed by atoms with E-state index in [0.29, 0.717) is 18.4 Å². The minimum atomic E-state index is -0.107. The van der Waals surface area contributed by atoms with Crippen LogP contribution in [0.15, 0.2) is 43.0 Å². The highest BCUT2D eigenvalue weighted by Crippen LogP contribution is 2.05. The van der Waals surface area contributed by atoms with Gasteiger partial charge in [-0.25, -0.2) is 0 Å². The largest absolute Gasteiger partial charge is 0.299 e. The van der Waals surface area contributed by atoms with Crippen molar-refractivity contribution in [2.75, 3.05) is 0 Å². The number of benzene rings is 1. The van der Waals surface area contributed by atoms with Crippen LogP contribution in [0.1, 0.15) is 29.6 Å². The predicted molar refractivity (Wildman–Crippen MR) is 59.8 cm³/mol. The van der Waals surface area contributed by atoms with Crippen LogP contribution in [-0.2, 0) is 4.79 Å². The van der Waals surface area contributed by atoms with Gasteiger partial charge in [0.05, 0.1) is 6.42 Å². The molecule has 0 aliphatic heterocycles. The van der Waals surface area contributed by atoms with Gasteiger partial charge in [0, 0.05) is 12.0 Å². The average molecular weight is 202 g/mol. The van der Waals surface area contributed by atoms with Gasteiger partial charge in [-0.2, -0.15) is 0 Å². The molecular weight excluding hydrogens is 188 g/mol. The summed E-state index contributed by atoms with van der Waals surface area (Å²) in [7, 11) is 0. The summed E-state index contributed by atoms with van der Waals surface area (Å²) >= 11 is 0. The van der Waals surface area contributed by atoms with E-state index in [1.807, 2.05) is 6.07 Å². The zero-order valence-electron chi connectivity index (χ0n) is 8.61. The molecule has 0 saturated heterocycles. The maximum Gasteiger partial charge on any atom is 0.170 e. The maximum absolute atomic E-state index is 11.6. The third-order valence-electron chi connectivity index (χ3n) is 2.08. The molecule has 2 heteroatoms.